The Hall–Kier alpha value is -8.34. The van der Waals surface area contributed by atoms with Gasteiger partial charge in [0.1, 0.15) is 0 Å². The lowest BCUT2D eigenvalue weighted by molar-refractivity contribution is 1.27. The van der Waals surface area contributed by atoms with E-state index in [2.05, 4.69) is 237 Å². The van der Waals surface area contributed by atoms with Crippen LogP contribution < -0.4 is 9.80 Å². The van der Waals surface area contributed by atoms with Crippen molar-refractivity contribution < 1.29 is 0 Å². The fourth-order valence-corrected chi connectivity index (χ4v) is 10.8. The number of para-hydroxylation sites is 7. The number of nitrogens with zero attached hydrogens (tertiary/aromatic N) is 4. The van der Waals surface area contributed by atoms with Crippen LogP contribution in [-0.4, -0.2) is 8.80 Å². The Morgan fingerprint density at radius 1 is 0.258 bits per heavy atom. The highest BCUT2D eigenvalue weighted by atomic mass is 15.2. The first-order valence-corrected chi connectivity index (χ1v) is 21.4. The van der Waals surface area contributed by atoms with Crippen LogP contribution in [0.15, 0.2) is 218 Å². The predicted octanol–water partition coefficient (Wildman–Crippen LogP) is 16.1. The van der Waals surface area contributed by atoms with Crippen molar-refractivity contribution in [2.75, 3.05) is 9.80 Å². The SMILES string of the molecule is c1ccc(N(c2ccccc2)c2cccc3c4cccc5c6cc7c(cc6n(c23)c54)c2c3ccccc3cc3c4cccc(N(c5ccccc5)c5ccccc5)c4n7c32)cc1. The average Bonchev–Trinajstić information content (AvgIpc) is 4.06. The molecule has 0 bridgehead atoms. The van der Waals surface area contributed by atoms with Gasteiger partial charge in [-0.2, -0.15) is 0 Å². The van der Waals surface area contributed by atoms with Gasteiger partial charge >= 0.3 is 0 Å². The second-order valence-corrected chi connectivity index (χ2v) is 16.5. The molecule has 4 heteroatoms. The summed E-state index contributed by atoms with van der Waals surface area (Å²) in [4.78, 5) is 4.83. The van der Waals surface area contributed by atoms with Crippen molar-refractivity contribution >= 4 is 121 Å². The van der Waals surface area contributed by atoms with Gasteiger partial charge in [0.2, 0.25) is 0 Å². The number of hydrogen-bond donors (Lipinski definition) is 0. The monoisotopic (exact) mass is 788 g/mol. The Morgan fingerprint density at radius 3 is 1.19 bits per heavy atom. The summed E-state index contributed by atoms with van der Waals surface area (Å²) in [5.74, 6) is 0. The zero-order chi connectivity index (χ0) is 40.5. The van der Waals surface area contributed by atoms with Crippen molar-refractivity contribution in [2.24, 2.45) is 0 Å². The van der Waals surface area contributed by atoms with Crippen LogP contribution in [0.3, 0.4) is 0 Å². The molecule has 0 saturated heterocycles. The number of benzene rings is 10. The highest BCUT2D eigenvalue weighted by molar-refractivity contribution is 6.35. The largest absolute Gasteiger partial charge is 0.308 e. The smallest absolute Gasteiger partial charge is 0.0782 e. The van der Waals surface area contributed by atoms with Gasteiger partial charge in [0.05, 0.1) is 44.5 Å². The molecule has 0 fully saturated rings. The van der Waals surface area contributed by atoms with Crippen molar-refractivity contribution in [3.8, 4) is 0 Å². The van der Waals surface area contributed by atoms with E-state index in [1.165, 1.54) is 87.0 Å². The van der Waals surface area contributed by atoms with E-state index in [0.717, 1.165) is 34.1 Å². The Morgan fingerprint density at radius 2 is 0.645 bits per heavy atom. The Labute approximate surface area is 356 Å². The molecule has 4 nitrogen and oxygen atoms in total. The van der Waals surface area contributed by atoms with Crippen LogP contribution in [0, 0.1) is 0 Å². The topological polar surface area (TPSA) is 15.3 Å². The highest BCUT2D eigenvalue weighted by Gasteiger charge is 2.28. The van der Waals surface area contributed by atoms with Crippen LogP contribution in [0.1, 0.15) is 0 Å². The molecule has 288 valence electrons. The Balaban J connectivity index is 1.16. The van der Waals surface area contributed by atoms with Crippen LogP contribution in [0.2, 0.25) is 0 Å². The summed E-state index contributed by atoms with van der Waals surface area (Å²) in [5, 5.41) is 12.6. The van der Waals surface area contributed by atoms with Gasteiger partial charge in [-0.05, 0) is 89.6 Å². The van der Waals surface area contributed by atoms with Gasteiger partial charge in [0.25, 0.3) is 0 Å². The maximum atomic E-state index is 2.58. The van der Waals surface area contributed by atoms with Gasteiger partial charge in [-0.25, -0.2) is 0 Å². The highest BCUT2D eigenvalue weighted by Crippen LogP contribution is 2.51. The molecular formula is C58H36N4. The van der Waals surface area contributed by atoms with Gasteiger partial charge in [-0.1, -0.05) is 140 Å². The third-order valence-electron chi connectivity index (χ3n) is 13.3. The van der Waals surface area contributed by atoms with Gasteiger partial charge < -0.3 is 18.6 Å². The third kappa shape index (κ3) is 4.45. The van der Waals surface area contributed by atoms with E-state index < -0.39 is 0 Å². The summed E-state index contributed by atoms with van der Waals surface area (Å²) in [6.07, 6.45) is 0. The number of hydrogen-bond acceptors (Lipinski definition) is 2. The second kappa shape index (κ2) is 12.6. The molecular weight excluding hydrogens is 753 g/mol. The molecule has 0 saturated carbocycles. The van der Waals surface area contributed by atoms with Gasteiger partial charge in [0, 0.05) is 65.8 Å². The van der Waals surface area contributed by atoms with E-state index in [4.69, 9.17) is 0 Å². The molecule has 0 amide bonds. The van der Waals surface area contributed by atoms with E-state index in [9.17, 15) is 0 Å². The van der Waals surface area contributed by atoms with Crippen LogP contribution in [0.4, 0.5) is 34.1 Å². The fourth-order valence-electron chi connectivity index (χ4n) is 10.8. The summed E-state index contributed by atoms with van der Waals surface area (Å²) < 4.78 is 5.15. The van der Waals surface area contributed by atoms with Crippen molar-refractivity contribution in [2.45, 2.75) is 0 Å². The molecule has 10 aromatic carbocycles. The molecule has 14 rings (SSSR count). The zero-order valence-corrected chi connectivity index (χ0v) is 33.6. The molecule has 0 radical (unpaired) electrons. The van der Waals surface area contributed by atoms with Crippen molar-refractivity contribution in [3.63, 3.8) is 0 Å². The van der Waals surface area contributed by atoms with E-state index >= 15 is 0 Å². The lowest BCUT2D eigenvalue weighted by atomic mass is 9.99. The van der Waals surface area contributed by atoms with Gasteiger partial charge in [0.15, 0.2) is 0 Å². The molecule has 0 unspecified atom stereocenters. The molecule has 0 aliphatic rings. The van der Waals surface area contributed by atoms with E-state index in [0.29, 0.717) is 0 Å². The van der Waals surface area contributed by atoms with E-state index in [-0.39, 0.29) is 0 Å². The summed E-state index contributed by atoms with van der Waals surface area (Å²) in [6.45, 7) is 0. The minimum absolute atomic E-state index is 1.12. The first kappa shape index (κ1) is 33.5. The van der Waals surface area contributed by atoms with Crippen molar-refractivity contribution in [1.82, 2.24) is 8.80 Å². The van der Waals surface area contributed by atoms with Crippen LogP contribution in [0.5, 0.6) is 0 Å². The standard InChI is InChI=1S/C58H36N4/c1-5-19-38(20-6-1)59(39-21-7-2-8-22-39)50-32-16-30-44-43-28-15-29-45-47-35-53-49(36-52(47)61(55(43)45)56(44)50)54-42-27-14-13-18-37(42)34-48-46-31-17-33-51(57(46)62(53)58(48)54)60(40-23-9-3-10-24-40)41-25-11-4-12-26-41/h1-36H. The second-order valence-electron chi connectivity index (χ2n) is 16.5. The fraction of sp³-hybridized carbons (Fsp3) is 0. The predicted molar refractivity (Wildman–Crippen MR) is 263 cm³/mol. The van der Waals surface area contributed by atoms with E-state index in [1.54, 1.807) is 0 Å². The Bertz CT molecular complexity index is 3940. The lowest BCUT2D eigenvalue weighted by Crippen LogP contribution is -2.10. The Kier molecular flexibility index (Phi) is 6.80. The first-order valence-electron chi connectivity index (χ1n) is 21.4. The average molecular weight is 789 g/mol. The van der Waals surface area contributed by atoms with Gasteiger partial charge in [-0.3, -0.25) is 0 Å². The molecule has 14 aromatic rings. The summed E-state index contributed by atoms with van der Waals surface area (Å²) in [7, 11) is 0. The first-order chi connectivity index (χ1) is 30.8. The zero-order valence-electron chi connectivity index (χ0n) is 33.6. The molecule has 0 spiro atoms. The number of aromatic nitrogens is 2. The van der Waals surface area contributed by atoms with Crippen LogP contribution in [0.25, 0.3) is 87.0 Å². The minimum Gasteiger partial charge on any atom is -0.308 e. The van der Waals surface area contributed by atoms with E-state index in [1.807, 2.05) is 0 Å². The number of rotatable bonds is 6. The van der Waals surface area contributed by atoms with Crippen LogP contribution >= 0.6 is 0 Å². The molecule has 4 heterocycles. The maximum Gasteiger partial charge on any atom is 0.0782 e. The quantitative estimate of drug-likeness (QED) is 0.167. The molecule has 0 atom stereocenters. The summed E-state index contributed by atoms with van der Waals surface area (Å²) in [6, 6.07) is 79.9. The third-order valence-corrected chi connectivity index (χ3v) is 13.3. The minimum atomic E-state index is 1.12. The number of anilines is 6. The van der Waals surface area contributed by atoms with Crippen molar-refractivity contribution in [1.29, 1.82) is 0 Å². The van der Waals surface area contributed by atoms with Crippen LogP contribution in [-0.2, 0) is 0 Å². The van der Waals surface area contributed by atoms with Crippen molar-refractivity contribution in [3.05, 3.63) is 218 Å². The lowest BCUT2D eigenvalue weighted by Gasteiger charge is -2.26. The summed E-state index contributed by atoms with van der Waals surface area (Å²) in [5.41, 5.74) is 14.1. The normalized spacial score (nSPS) is 12.2. The molecule has 0 N–H and O–H groups in total. The maximum absolute atomic E-state index is 2.58. The van der Waals surface area contributed by atoms with Gasteiger partial charge in [-0.15, -0.1) is 0 Å². The molecule has 0 aliphatic carbocycles. The molecule has 4 aromatic heterocycles. The number of fused-ring (bicyclic) bond motifs is 14. The molecule has 0 aliphatic heterocycles. The molecule has 62 heavy (non-hydrogen) atoms. The summed E-state index contributed by atoms with van der Waals surface area (Å²) >= 11 is 0.